The van der Waals surface area contributed by atoms with Crippen LogP contribution in [0.2, 0.25) is 0 Å². The van der Waals surface area contributed by atoms with E-state index in [2.05, 4.69) is 10.6 Å². The van der Waals surface area contributed by atoms with Gasteiger partial charge < -0.3 is 25.3 Å². The predicted octanol–water partition coefficient (Wildman–Crippen LogP) is 1.73. The number of piperidine rings is 1. The lowest BCUT2D eigenvalue weighted by molar-refractivity contribution is -0.126. The molecule has 0 radical (unpaired) electrons. The van der Waals surface area contributed by atoms with Gasteiger partial charge in [-0.1, -0.05) is 12.1 Å². The standard InChI is InChI=1S/C22H33N5O3/c1-25(2)16-20(28)24-19-7-5-6-17(14-19)15-23-21(29)18-8-12-27(13-9-18)22(30)26-10-3-4-11-26/h5-7,14,18H,3-4,8-13,15-16H2,1-2H3,(H,23,29)(H,24,28). The molecule has 0 bridgehead atoms. The van der Waals surface area contributed by atoms with Crippen LogP contribution in [0.3, 0.4) is 0 Å². The molecule has 3 rings (SSSR count). The molecule has 0 saturated carbocycles. The average molecular weight is 416 g/mol. The van der Waals surface area contributed by atoms with Crippen LogP contribution < -0.4 is 10.6 Å². The van der Waals surface area contributed by atoms with Gasteiger partial charge in [0.2, 0.25) is 11.8 Å². The van der Waals surface area contributed by atoms with Crippen molar-refractivity contribution in [3.05, 3.63) is 29.8 Å². The molecule has 1 aromatic carbocycles. The summed E-state index contributed by atoms with van der Waals surface area (Å²) in [5.41, 5.74) is 1.66. The Kier molecular flexibility index (Phi) is 7.68. The Balaban J connectivity index is 1.43. The number of likely N-dealkylation sites (N-methyl/N-ethyl adjacent to an activating group) is 1. The Hall–Kier alpha value is -2.61. The minimum Gasteiger partial charge on any atom is -0.352 e. The summed E-state index contributed by atoms with van der Waals surface area (Å²) < 4.78 is 0. The van der Waals surface area contributed by atoms with Crippen LogP contribution >= 0.6 is 0 Å². The second kappa shape index (κ2) is 10.4. The molecule has 2 aliphatic rings. The van der Waals surface area contributed by atoms with Gasteiger partial charge in [0.1, 0.15) is 0 Å². The lowest BCUT2D eigenvalue weighted by atomic mass is 9.96. The molecular weight excluding hydrogens is 382 g/mol. The Labute approximate surface area is 178 Å². The zero-order chi connectivity index (χ0) is 21.5. The van der Waals surface area contributed by atoms with E-state index in [-0.39, 0.29) is 23.8 Å². The van der Waals surface area contributed by atoms with Crippen molar-refractivity contribution in [1.29, 1.82) is 0 Å². The summed E-state index contributed by atoms with van der Waals surface area (Å²) in [4.78, 5) is 42.6. The number of amides is 4. The van der Waals surface area contributed by atoms with Crippen LogP contribution in [-0.4, -0.2) is 79.4 Å². The van der Waals surface area contributed by atoms with Crippen molar-refractivity contribution in [3.63, 3.8) is 0 Å². The first-order chi connectivity index (χ1) is 14.4. The first-order valence-corrected chi connectivity index (χ1v) is 10.8. The summed E-state index contributed by atoms with van der Waals surface area (Å²) in [6.07, 6.45) is 3.58. The number of benzene rings is 1. The number of urea groups is 1. The molecule has 164 valence electrons. The summed E-state index contributed by atoms with van der Waals surface area (Å²) in [5, 5.41) is 5.88. The predicted molar refractivity (Wildman–Crippen MR) is 116 cm³/mol. The molecule has 2 N–H and O–H groups in total. The van der Waals surface area contributed by atoms with Crippen LogP contribution in [-0.2, 0) is 16.1 Å². The minimum absolute atomic E-state index is 0.0327. The van der Waals surface area contributed by atoms with E-state index in [1.807, 2.05) is 53.1 Å². The van der Waals surface area contributed by atoms with E-state index in [1.54, 1.807) is 0 Å². The van der Waals surface area contributed by atoms with Crippen LogP contribution in [0.15, 0.2) is 24.3 Å². The third kappa shape index (κ3) is 6.19. The SMILES string of the molecule is CN(C)CC(=O)Nc1cccc(CNC(=O)C2CCN(C(=O)N3CCCC3)CC2)c1. The maximum atomic E-state index is 12.6. The molecule has 2 saturated heterocycles. The van der Waals surface area contributed by atoms with E-state index in [9.17, 15) is 14.4 Å². The molecule has 4 amide bonds. The van der Waals surface area contributed by atoms with Gasteiger partial charge in [-0.15, -0.1) is 0 Å². The van der Waals surface area contributed by atoms with Crippen molar-refractivity contribution in [1.82, 2.24) is 20.0 Å². The summed E-state index contributed by atoms with van der Waals surface area (Å²) in [6.45, 7) is 3.73. The maximum Gasteiger partial charge on any atom is 0.319 e. The van der Waals surface area contributed by atoms with Gasteiger partial charge in [-0.05, 0) is 57.5 Å². The third-order valence-corrected chi connectivity index (χ3v) is 5.65. The van der Waals surface area contributed by atoms with Gasteiger partial charge in [-0.25, -0.2) is 4.79 Å². The van der Waals surface area contributed by atoms with E-state index in [4.69, 9.17) is 0 Å². The second-order valence-electron chi connectivity index (χ2n) is 8.44. The van der Waals surface area contributed by atoms with Gasteiger partial charge in [-0.3, -0.25) is 9.59 Å². The first kappa shape index (κ1) is 22.1. The number of carbonyl (C=O) groups excluding carboxylic acids is 3. The normalized spacial score (nSPS) is 17.3. The second-order valence-corrected chi connectivity index (χ2v) is 8.44. The highest BCUT2D eigenvalue weighted by Gasteiger charge is 2.30. The van der Waals surface area contributed by atoms with Crippen LogP contribution in [0.4, 0.5) is 10.5 Å². The van der Waals surface area contributed by atoms with E-state index < -0.39 is 0 Å². The Morgan fingerprint density at radius 2 is 1.70 bits per heavy atom. The van der Waals surface area contributed by atoms with Gasteiger partial charge in [0.15, 0.2) is 0 Å². The molecule has 0 aromatic heterocycles. The molecule has 1 aromatic rings. The van der Waals surface area contributed by atoms with Gasteiger partial charge >= 0.3 is 6.03 Å². The number of rotatable bonds is 6. The third-order valence-electron chi connectivity index (χ3n) is 5.65. The van der Waals surface area contributed by atoms with Crippen molar-refractivity contribution in [2.24, 2.45) is 5.92 Å². The number of nitrogens with one attached hydrogen (secondary N) is 2. The quantitative estimate of drug-likeness (QED) is 0.741. The van der Waals surface area contributed by atoms with Crippen molar-refractivity contribution in [2.75, 3.05) is 52.1 Å². The van der Waals surface area contributed by atoms with Gasteiger partial charge in [-0.2, -0.15) is 0 Å². The molecule has 2 fully saturated rings. The summed E-state index contributed by atoms with van der Waals surface area (Å²) >= 11 is 0. The summed E-state index contributed by atoms with van der Waals surface area (Å²) in [6, 6.07) is 7.64. The number of carbonyl (C=O) groups is 3. The summed E-state index contributed by atoms with van der Waals surface area (Å²) in [7, 11) is 3.69. The van der Waals surface area contributed by atoms with Crippen LogP contribution in [0.1, 0.15) is 31.2 Å². The zero-order valence-corrected chi connectivity index (χ0v) is 18.0. The van der Waals surface area contributed by atoms with E-state index in [0.29, 0.717) is 39.0 Å². The average Bonchev–Trinajstić information content (AvgIpc) is 3.26. The van der Waals surface area contributed by atoms with E-state index in [1.165, 1.54) is 0 Å². The Morgan fingerprint density at radius 1 is 1.03 bits per heavy atom. The van der Waals surface area contributed by atoms with Crippen LogP contribution in [0.25, 0.3) is 0 Å². The van der Waals surface area contributed by atoms with Gasteiger partial charge in [0.05, 0.1) is 6.54 Å². The number of hydrogen-bond acceptors (Lipinski definition) is 4. The molecule has 0 spiro atoms. The molecular formula is C22H33N5O3. The highest BCUT2D eigenvalue weighted by atomic mass is 16.2. The van der Waals surface area contributed by atoms with Crippen molar-refractivity contribution in [3.8, 4) is 0 Å². The van der Waals surface area contributed by atoms with Crippen LogP contribution in [0.5, 0.6) is 0 Å². The molecule has 0 atom stereocenters. The van der Waals surface area contributed by atoms with Crippen LogP contribution in [0, 0.1) is 5.92 Å². The fourth-order valence-electron chi connectivity index (χ4n) is 4.02. The monoisotopic (exact) mass is 415 g/mol. The largest absolute Gasteiger partial charge is 0.352 e. The molecule has 0 aliphatic carbocycles. The zero-order valence-electron chi connectivity index (χ0n) is 18.0. The Morgan fingerprint density at radius 3 is 2.37 bits per heavy atom. The fourth-order valence-corrected chi connectivity index (χ4v) is 4.02. The van der Waals surface area contributed by atoms with Crippen molar-refractivity contribution >= 4 is 23.5 Å². The van der Waals surface area contributed by atoms with E-state index >= 15 is 0 Å². The lowest BCUT2D eigenvalue weighted by Gasteiger charge is -2.34. The molecule has 0 unspecified atom stereocenters. The number of nitrogens with zero attached hydrogens (tertiary/aromatic N) is 3. The van der Waals surface area contributed by atoms with Gasteiger partial charge in [0.25, 0.3) is 0 Å². The molecule has 2 heterocycles. The fraction of sp³-hybridized carbons (Fsp3) is 0.591. The molecule has 30 heavy (non-hydrogen) atoms. The molecule has 8 heteroatoms. The number of likely N-dealkylation sites (tertiary alicyclic amines) is 2. The lowest BCUT2D eigenvalue weighted by Crippen LogP contribution is -2.47. The van der Waals surface area contributed by atoms with E-state index in [0.717, 1.165) is 37.2 Å². The number of hydrogen-bond donors (Lipinski definition) is 2. The molecule has 2 aliphatic heterocycles. The topological polar surface area (TPSA) is 85.0 Å². The molecule has 8 nitrogen and oxygen atoms in total. The van der Waals surface area contributed by atoms with Crippen molar-refractivity contribution in [2.45, 2.75) is 32.2 Å². The number of anilines is 1. The minimum atomic E-state index is -0.0728. The smallest absolute Gasteiger partial charge is 0.319 e. The van der Waals surface area contributed by atoms with Gasteiger partial charge in [0, 0.05) is 44.3 Å². The highest BCUT2D eigenvalue weighted by Crippen LogP contribution is 2.20. The highest BCUT2D eigenvalue weighted by molar-refractivity contribution is 5.92. The first-order valence-electron chi connectivity index (χ1n) is 10.8. The Bertz CT molecular complexity index is 753. The van der Waals surface area contributed by atoms with Crippen molar-refractivity contribution < 1.29 is 14.4 Å². The summed E-state index contributed by atoms with van der Waals surface area (Å²) in [5.74, 6) is -0.0997. The maximum absolute atomic E-state index is 12.6.